The van der Waals surface area contributed by atoms with Crippen LogP contribution in [0.5, 0.6) is 0 Å². The number of carbonyl (C=O) groups is 2. The van der Waals surface area contributed by atoms with Gasteiger partial charge in [-0.1, -0.05) is 12.1 Å². The number of rotatable bonds is 5. The minimum absolute atomic E-state index is 0.0316. The van der Waals surface area contributed by atoms with Crippen molar-refractivity contribution in [2.24, 2.45) is 0 Å². The third-order valence-electron chi connectivity index (χ3n) is 1.96. The number of nitrogens with one attached hydrogen (secondary N) is 1. The van der Waals surface area contributed by atoms with Crippen LogP contribution >= 0.6 is 0 Å². The predicted octanol–water partition coefficient (Wildman–Crippen LogP) is 1.25. The van der Waals surface area contributed by atoms with Crippen molar-refractivity contribution in [2.45, 2.75) is 13.0 Å². The van der Waals surface area contributed by atoms with Crippen molar-refractivity contribution in [1.29, 1.82) is 0 Å². The number of hydrogen-bond donors (Lipinski definition) is 2. The Labute approximate surface area is 97.2 Å². The zero-order valence-electron chi connectivity index (χ0n) is 9.14. The van der Waals surface area contributed by atoms with Gasteiger partial charge in [0.15, 0.2) is 6.10 Å². The van der Waals surface area contributed by atoms with E-state index < -0.39 is 30.4 Å². The number of carboxylic acids is 1. The average molecular weight is 241 g/mol. The molecule has 1 aromatic carbocycles. The number of halogens is 1. The molecule has 0 bridgehead atoms. The first-order chi connectivity index (χ1) is 8.00. The van der Waals surface area contributed by atoms with Gasteiger partial charge in [0.05, 0.1) is 5.69 Å². The second-order valence-electron chi connectivity index (χ2n) is 3.32. The third kappa shape index (κ3) is 4.20. The van der Waals surface area contributed by atoms with Crippen LogP contribution in [0.1, 0.15) is 6.92 Å². The molecule has 0 spiro atoms. The van der Waals surface area contributed by atoms with Gasteiger partial charge < -0.3 is 15.2 Å². The van der Waals surface area contributed by atoms with Crippen LogP contribution < -0.4 is 5.32 Å². The van der Waals surface area contributed by atoms with Crippen LogP contribution in [0.4, 0.5) is 10.1 Å². The molecule has 0 aliphatic heterocycles. The summed E-state index contributed by atoms with van der Waals surface area (Å²) in [6, 6.07) is 5.66. The molecular formula is C11H12FNO4. The van der Waals surface area contributed by atoms with Crippen molar-refractivity contribution < 1.29 is 23.8 Å². The van der Waals surface area contributed by atoms with Crippen LogP contribution in [0, 0.1) is 5.82 Å². The smallest absolute Gasteiger partial charge is 0.332 e. The number of anilines is 1. The van der Waals surface area contributed by atoms with Crippen molar-refractivity contribution in [3.05, 3.63) is 30.1 Å². The molecule has 1 aromatic rings. The second-order valence-corrected chi connectivity index (χ2v) is 3.32. The lowest BCUT2D eigenvalue weighted by atomic mass is 10.3. The van der Waals surface area contributed by atoms with Gasteiger partial charge in [-0.15, -0.1) is 0 Å². The summed E-state index contributed by atoms with van der Waals surface area (Å²) in [6.07, 6.45) is -1.08. The van der Waals surface area contributed by atoms with E-state index in [1.165, 1.54) is 25.1 Å². The molecule has 0 aliphatic carbocycles. The van der Waals surface area contributed by atoms with Gasteiger partial charge in [0.25, 0.3) is 0 Å². The molecule has 0 saturated carbocycles. The molecule has 0 radical (unpaired) electrons. The Hall–Kier alpha value is -1.95. The van der Waals surface area contributed by atoms with Crippen molar-refractivity contribution >= 4 is 17.6 Å². The molecule has 2 N–H and O–H groups in total. The Morgan fingerprint density at radius 3 is 2.71 bits per heavy atom. The normalized spacial score (nSPS) is 11.9. The molecule has 92 valence electrons. The van der Waals surface area contributed by atoms with E-state index in [2.05, 4.69) is 5.32 Å². The predicted molar refractivity (Wildman–Crippen MR) is 58.1 cm³/mol. The lowest BCUT2D eigenvalue weighted by Gasteiger charge is -2.09. The lowest BCUT2D eigenvalue weighted by molar-refractivity contribution is -0.150. The molecule has 0 aromatic heterocycles. The highest BCUT2D eigenvalue weighted by Gasteiger charge is 2.13. The summed E-state index contributed by atoms with van der Waals surface area (Å²) in [4.78, 5) is 21.7. The van der Waals surface area contributed by atoms with Crippen molar-refractivity contribution in [2.75, 3.05) is 11.9 Å². The summed E-state index contributed by atoms with van der Waals surface area (Å²) in [6.45, 7) is 0.862. The van der Waals surface area contributed by atoms with Crippen molar-refractivity contribution in [3.63, 3.8) is 0 Å². The standard InChI is InChI=1S/C11H12FNO4/c1-7(11(15)16)17-6-10(14)13-9-5-3-2-4-8(9)12/h2-5,7H,6H2,1H3,(H,13,14)(H,15,16)/t7-/m0/s1. The van der Waals surface area contributed by atoms with Gasteiger partial charge in [-0.2, -0.15) is 0 Å². The molecule has 1 atom stereocenters. The fourth-order valence-electron chi connectivity index (χ4n) is 1.02. The zero-order chi connectivity index (χ0) is 12.8. The number of amides is 1. The number of hydrogen-bond acceptors (Lipinski definition) is 3. The molecule has 5 nitrogen and oxygen atoms in total. The van der Waals surface area contributed by atoms with E-state index in [9.17, 15) is 14.0 Å². The number of carbonyl (C=O) groups excluding carboxylic acids is 1. The molecular weight excluding hydrogens is 229 g/mol. The van der Waals surface area contributed by atoms with Gasteiger partial charge >= 0.3 is 5.97 Å². The van der Waals surface area contributed by atoms with Crippen LogP contribution in [0.15, 0.2) is 24.3 Å². The summed E-state index contributed by atoms with van der Waals surface area (Å²) in [5, 5.41) is 10.8. The summed E-state index contributed by atoms with van der Waals surface area (Å²) in [5.74, 6) is -2.33. The first-order valence-corrected chi connectivity index (χ1v) is 4.89. The van der Waals surface area contributed by atoms with E-state index in [1.807, 2.05) is 0 Å². The summed E-state index contributed by atoms with van der Waals surface area (Å²) < 4.78 is 17.9. The first kappa shape index (κ1) is 13.1. The molecule has 0 fully saturated rings. The van der Waals surface area contributed by atoms with Gasteiger partial charge in [0, 0.05) is 0 Å². The van der Waals surface area contributed by atoms with Crippen LogP contribution in [0.2, 0.25) is 0 Å². The molecule has 0 aliphatic rings. The number of carboxylic acid groups (broad SMARTS) is 1. The van der Waals surface area contributed by atoms with Crippen LogP contribution in [-0.2, 0) is 14.3 Å². The first-order valence-electron chi connectivity index (χ1n) is 4.89. The highest BCUT2D eigenvalue weighted by molar-refractivity contribution is 5.91. The van der Waals surface area contributed by atoms with Crippen LogP contribution in [0.25, 0.3) is 0 Å². The molecule has 0 unspecified atom stereocenters. The monoisotopic (exact) mass is 241 g/mol. The van der Waals surface area contributed by atoms with E-state index in [0.717, 1.165) is 0 Å². The molecule has 6 heteroatoms. The lowest BCUT2D eigenvalue weighted by Crippen LogP contribution is -2.26. The van der Waals surface area contributed by atoms with Gasteiger partial charge in [0.1, 0.15) is 12.4 Å². The van der Waals surface area contributed by atoms with Crippen LogP contribution in [-0.4, -0.2) is 29.7 Å². The maximum absolute atomic E-state index is 13.1. The van der Waals surface area contributed by atoms with E-state index in [1.54, 1.807) is 6.07 Å². The minimum Gasteiger partial charge on any atom is -0.479 e. The van der Waals surface area contributed by atoms with Gasteiger partial charge in [-0.3, -0.25) is 4.79 Å². The summed E-state index contributed by atoms with van der Waals surface area (Å²) in [5.41, 5.74) is 0.0316. The molecule has 1 rings (SSSR count). The van der Waals surface area contributed by atoms with Crippen molar-refractivity contribution in [3.8, 4) is 0 Å². The van der Waals surface area contributed by atoms with E-state index in [-0.39, 0.29) is 5.69 Å². The van der Waals surface area contributed by atoms with E-state index >= 15 is 0 Å². The number of benzene rings is 1. The highest BCUT2D eigenvalue weighted by Crippen LogP contribution is 2.11. The van der Waals surface area contributed by atoms with Gasteiger partial charge in [-0.25, -0.2) is 9.18 Å². The zero-order valence-corrected chi connectivity index (χ0v) is 9.14. The summed E-state index contributed by atoms with van der Waals surface area (Å²) in [7, 11) is 0. The second kappa shape index (κ2) is 5.95. The fourth-order valence-corrected chi connectivity index (χ4v) is 1.02. The van der Waals surface area contributed by atoms with E-state index in [4.69, 9.17) is 9.84 Å². The molecule has 0 saturated heterocycles. The Balaban J connectivity index is 2.46. The van der Waals surface area contributed by atoms with Gasteiger partial charge in [-0.05, 0) is 19.1 Å². The third-order valence-corrected chi connectivity index (χ3v) is 1.96. The maximum Gasteiger partial charge on any atom is 0.332 e. The number of aliphatic carboxylic acids is 1. The molecule has 0 heterocycles. The summed E-state index contributed by atoms with van der Waals surface area (Å²) >= 11 is 0. The topological polar surface area (TPSA) is 75.6 Å². The Morgan fingerprint density at radius 1 is 1.47 bits per heavy atom. The highest BCUT2D eigenvalue weighted by atomic mass is 19.1. The Kier molecular flexibility index (Phi) is 4.59. The quantitative estimate of drug-likeness (QED) is 0.813. The van der Waals surface area contributed by atoms with Gasteiger partial charge in [0.2, 0.25) is 5.91 Å². The maximum atomic E-state index is 13.1. The SMILES string of the molecule is C[C@H](OCC(=O)Nc1ccccc1F)C(=O)O. The largest absolute Gasteiger partial charge is 0.479 e. The molecule has 17 heavy (non-hydrogen) atoms. The minimum atomic E-state index is -1.16. The van der Waals surface area contributed by atoms with E-state index in [0.29, 0.717) is 0 Å². The Bertz CT molecular complexity index is 422. The molecule has 1 amide bonds. The number of para-hydroxylation sites is 1. The number of ether oxygens (including phenoxy) is 1. The van der Waals surface area contributed by atoms with Crippen LogP contribution in [0.3, 0.4) is 0 Å². The average Bonchev–Trinajstić information content (AvgIpc) is 2.29. The fraction of sp³-hybridized carbons (Fsp3) is 0.273. The Morgan fingerprint density at radius 2 is 2.12 bits per heavy atom. The van der Waals surface area contributed by atoms with Crippen molar-refractivity contribution in [1.82, 2.24) is 0 Å².